The number of fused-ring (bicyclic) bond motifs is 1. The van der Waals surface area contributed by atoms with E-state index in [1.807, 2.05) is 42.6 Å². The number of benzene rings is 1. The van der Waals surface area contributed by atoms with Crippen molar-refractivity contribution in [2.75, 3.05) is 19.8 Å². The molecule has 1 aromatic carbocycles. The highest BCUT2D eigenvalue weighted by atomic mass is 32.1. The summed E-state index contributed by atoms with van der Waals surface area (Å²) < 4.78 is 7.73. The van der Waals surface area contributed by atoms with Crippen molar-refractivity contribution in [1.29, 1.82) is 0 Å². The first-order valence-electron chi connectivity index (χ1n) is 8.63. The van der Waals surface area contributed by atoms with E-state index in [9.17, 15) is 4.79 Å². The second-order valence-electron chi connectivity index (χ2n) is 5.70. The van der Waals surface area contributed by atoms with Gasteiger partial charge < -0.3 is 14.6 Å². The van der Waals surface area contributed by atoms with Gasteiger partial charge in [-0.1, -0.05) is 18.2 Å². The van der Waals surface area contributed by atoms with Crippen molar-refractivity contribution in [3.63, 3.8) is 0 Å². The SMILES string of the molecule is CCOCCn1c(CCCNC(=O)c2cccs2)nc2ccccc21. The fourth-order valence-corrected chi connectivity index (χ4v) is 3.45. The maximum atomic E-state index is 12.0. The van der Waals surface area contributed by atoms with E-state index in [1.54, 1.807) is 0 Å². The molecule has 3 aromatic rings. The summed E-state index contributed by atoms with van der Waals surface area (Å²) in [6.07, 6.45) is 1.68. The van der Waals surface area contributed by atoms with Crippen LogP contribution in [0.25, 0.3) is 11.0 Å². The average molecular weight is 357 g/mol. The van der Waals surface area contributed by atoms with Gasteiger partial charge in [-0.25, -0.2) is 4.98 Å². The standard InChI is InChI=1S/C19H23N3O2S/c1-2-24-13-12-22-16-8-4-3-7-15(16)21-18(22)10-5-11-20-19(23)17-9-6-14-25-17/h3-4,6-9,14H,2,5,10-13H2,1H3,(H,20,23). The Hall–Kier alpha value is -2.18. The van der Waals surface area contributed by atoms with E-state index >= 15 is 0 Å². The van der Waals surface area contributed by atoms with Crippen LogP contribution in [0.15, 0.2) is 41.8 Å². The van der Waals surface area contributed by atoms with Crippen LogP contribution >= 0.6 is 11.3 Å². The first-order valence-corrected chi connectivity index (χ1v) is 9.51. The fourth-order valence-electron chi connectivity index (χ4n) is 2.81. The Bertz CT molecular complexity index is 811. The number of aromatic nitrogens is 2. The number of aryl methyl sites for hydroxylation is 1. The summed E-state index contributed by atoms with van der Waals surface area (Å²) in [7, 11) is 0. The number of carbonyl (C=O) groups is 1. The summed E-state index contributed by atoms with van der Waals surface area (Å²) in [4.78, 5) is 17.5. The second kappa shape index (κ2) is 8.78. The molecule has 1 amide bonds. The number of imidazole rings is 1. The number of hydrogen-bond donors (Lipinski definition) is 1. The number of rotatable bonds is 9. The van der Waals surface area contributed by atoms with Crippen LogP contribution in [0.4, 0.5) is 0 Å². The van der Waals surface area contributed by atoms with Crippen LogP contribution in [0.3, 0.4) is 0 Å². The molecule has 1 N–H and O–H groups in total. The molecule has 0 saturated carbocycles. The van der Waals surface area contributed by atoms with Crippen molar-refractivity contribution >= 4 is 28.3 Å². The van der Waals surface area contributed by atoms with Gasteiger partial charge in [-0.3, -0.25) is 4.79 Å². The molecule has 2 aromatic heterocycles. The van der Waals surface area contributed by atoms with Gasteiger partial charge in [0.05, 0.1) is 22.5 Å². The molecule has 0 aliphatic heterocycles. The first kappa shape index (κ1) is 17.6. The Kier molecular flexibility index (Phi) is 6.19. The number of hydrogen-bond acceptors (Lipinski definition) is 4. The van der Waals surface area contributed by atoms with E-state index in [4.69, 9.17) is 9.72 Å². The summed E-state index contributed by atoms with van der Waals surface area (Å²) in [5.74, 6) is 1.05. The van der Waals surface area contributed by atoms with Gasteiger partial charge in [-0.15, -0.1) is 11.3 Å². The largest absolute Gasteiger partial charge is 0.380 e. The predicted molar refractivity (Wildman–Crippen MR) is 101 cm³/mol. The van der Waals surface area contributed by atoms with E-state index < -0.39 is 0 Å². The van der Waals surface area contributed by atoms with Gasteiger partial charge in [0, 0.05) is 26.1 Å². The van der Waals surface area contributed by atoms with Crippen LogP contribution < -0.4 is 5.32 Å². The normalized spacial score (nSPS) is 11.1. The zero-order chi connectivity index (χ0) is 17.5. The number of ether oxygens (including phenoxy) is 1. The zero-order valence-electron chi connectivity index (χ0n) is 14.4. The Balaban J connectivity index is 1.60. The lowest BCUT2D eigenvalue weighted by molar-refractivity contribution is 0.0957. The lowest BCUT2D eigenvalue weighted by Gasteiger charge is -2.09. The van der Waals surface area contributed by atoms with E-state index in [1.165, 1.54) is 11.3 Å². The molecule has 0 atom stereocenters. The van der Waals surface area contributed by atoms with Gasteiger partial charge in [0.25, 0.3) is 5.91 Å². The van der Waals surface area contributed by atoms with E-state index in [-0.39, 0.29) is 5.91 Å². The van der Waals surface area contributed by atoms with Crippen LogP contribution in [0.5, 0.6) is 0 Å². The summed E-state index contributed by atoms with van der Waals surface area (Å²) in [6.45, 7) is 4.84. The molecule has 0 unspecified atom stereocenters. The Morgan fingerprint density at radius 2 is 2.16 bits per heavy atom. The van der Waals surface area contributed by atoms with E-state index in [0.29, 0.717) is 13.2 Å². The summed E-state index contributed by atoms with van der Waals surface area (Å²) in [6, 6.07) is 11.9. The summed E-state index contributed by atoms with van der Waals surface area (Å²) in [5, 5.41) is 4.88. The van der Waals surface area contributed by atoms with Crippen LogP contribution in [0, 0.1) is 0 Å². The van der Waals surface area contributed by atoms with Crippen molar-refractivity contribution in [1.82, 2.24) is 14.9 Å². The Labute approximate surface area is 151 Å². The summed E-state index contributed by atoms with van der Waals surface area (Å²) >= 11 is 1.46. The quantitative estimate of drug-likeness (QED) is 0.596. The van der Waals surface area contributed by atoms with Gasteiger partial charge in [-0.05, 0) is 36.9 Å². The molecule has 0 aliphatic carbocycles. The number of thiophene rings is 1. The molecule has 0 saturated heterocycles. The highest BCUT2D eigenvalue weighted by Crippen LogP contribution is 2.17. The smallest absolute Gasteiger partial charge is 0.261 e. The molecule has 0 aliphatic rings. The minimum atomic E-state index is -0.000140. The van der Waals surface area contributed by atoms with E-state index in [2.05, 4.69) is 16.0 Å². The van der Waals surface area contributed by atoms with Crippen LogP contribution in [-0.2, 0) is 17.7 Å². The molecule has 25 heavy (non-hydrogen) atoms. The minimum absolute atomic E-state index is 0.000140. The molecule has 5 nitrogen and oxygen atoms in total. The van der Waals surface area contributed by atoms with E-state index in [0.717, 1.165) is 47.7 Å². The maximum absolute atomic E-state index is 12.0. The molecule has 0 bridgehead atoms. The number of carbonyl (C=O) groups excluding carboxylic acids is 1. The molecule has 3 rings (SSSR count). The molecule has 0 radical (unpaired) electrons. The highest BCUT2D eigenvalue weighted by Gasteiger charge is 2.11. The van der Waals surface area contributed by atoms with Crippen molar-refractivity contribution in [2.45, 2.75) is 26.3 Å². The Morgan fingerprint density at radius 1 is 1.28 bits per heavy atom. The third-order valence-corrected chi connectivity index (χ3v) is 4.87. The molecular formula is C19H23N3O2S. The first-order chi connectivity index (χ1) is 12.3. The molecule has 132 valence electrons. The molecule has 0 spiro atoms. The second-order valence-corrected chi connectivity index (χ2v) is 6.65. The molecule has 2 heterocycles. The van der Waals surface area contributed by atoms with Gasteiger partial charge in [0.1, 0.15) is 5.82 Å². The maximum Gasteiger partial charge on any atom is 0.261 e. The predicted octanol–water partition coefficient (Wildman–Crippen LogP) is 3.50. The lowest BCUT2D eigenvalue weighted by Crippen LogP contribution is -2.24. The number of amides is 1. The average Bonchev–Trinajstić information content (AvgIpc) is 3.27. The van der Waals surface area contributed by atoms with Crippen molar-refractivity contribution in [3.8, 4) is 0 Å². The van der Waals surface area contributed by atoms with Gasteiger partial charge >= 0.3 is 0 Å². The monoisotopic (exact) mass is 357 g/mol. The molecule has 0 fully saturated rings. The molecule has 6 heteroatoms. The van der Waals surface area contributed by atoms with Crippen LogP contribution in [0.1, 0.15) is 28.8 Å². The van der Waals surface area contributed by atoms with Crippen LogP contribution in [0.2, 0.25) is 0 Å². The third-order valence-electron chi connectivity index (χ3n) is 4.00. The third kappa shape index (κ3) is 4.46. The molecular weight excluding hydrogens is 334 g/mol. The lowest BCUT2D eigenvalue weighted by atomic mass is 10.3. The number of nitrogens with zero attached hydrogens (tertiary/aromatic N) is 2. The Morgan fingerprint density at radius 3 is 2.96 bits per heavy atom. The van der Waals surface area contributed by atoms with Crippen molar-refractivity contribution < 1.29 is 9.53 Å². The van der Waals surface area contributed by atoms with Crippen molar-refractivity contribution in [3.05, 3.63) is 52.5 Å². The minimum Gasteiger partial charge on any atom is -0.380 e. The van der Waals surface area contributed by atoms with Gasteiger partial charge in [0.2, 0.25) is 0 Å². The summed E-state index contributed by atoms with van der Waals surface area (Å²) in [5.41, 5.74) is 2.15. The highest BCUT2D eigenvalue weighted by molar-refractivity contribution is 7.12. The number of para-hydroxylation sites is 2. The van der Waals surface area contributed by atoms with Gasteiger partial charge in [-0.2, -0.15) is 0 Å². The topological polar surface area (TPSA) is 56.1 Å². The number of nitrogens with one attached hydrogen (secondary N) is 1. The zero-order valence-corrected chi connectivity index (χ0v) is 15.2. The van der Waals surface area contributed by atoms with Gasteiger partial charge in [0.15, 0.2) is 0 Å². The van der Waals surface area contributed by atoms with Crippen molar-refractivity contribution in [2.24, 2.45) is 0 Å². The fraction of sp³-hybridized carbons (Fsp3) is 0.368. The van der Waals surface area contributed by atoms with Crippen LogP contribution in [-0.4, -0.2) is 35.2 Å².